The third kappa shape index (κ3) is 4.92. The molecule has 2 aromatic carbocycles. The van der Waals surface area contributed by atoms with E-state index in [1.54, 1.807) is 0 Å². The summed E-state index contributed by atoms with van der Waals surface area (Å²) in [5.41, 5.74) is 3.12. The normalized spacial score (nSPS) is 10.7. The van der Waals surface area contributed by atoms with Gasteiger partial charge in [-0.05, 0) is 24.6 Å². The standard InChI is InChI=1S/C19H17F2N3OS/c1-12-17(7-13-5-3-2-4-6-13)24-19(22-12)26-11-18(25)23-16-9-14(20)8-15(21)10-16/h2-6,8-10H,7,11H2,1H3,(H,22,24)(H,23,25). The molecule has 0 aliphatic carbocycles. The number of H-pyrrole nitrogens is 1. The zero-order valence-electron chi connectivity index (χ0n) is 14.1. The molecule has 0 unspecified atom stereocenters. The Balaban J connectivity index is 1.57. The Bertz CT molecular complexity index is 892. The van der Waals surface area contributed by atoms with Gasteiger partial charge in [-0.25, -0.2) is 13.8 Å². The lowest BCUT2D eigenvalue weighted by Gasteiger charge is -2.04. The second kappa shape index (κ2) is 8.14. The molecule has 1 heterocycles. The number of thioether (sulfide) groups is 1. The van der Waals surface area contributed by atoms with Gasteiger partial charge in [0.25, 0.3) is 0 Å². The van der Waals surface area contributed by atoms with Gasteiger partial charge in [-0.2, -0.15) is 0 Å². The Kier molecular flexibility index (Phi) is 5.68. The van der Waals surface area contributed by atoms with Crippen LogP contribution in [-0.4, -0.2) is 21.6 Å². The van der Waals surface area contributed by atoms with Gasteiger partial charge in [-0.3, -0.25) is 4.79 Å². The van der Waals surface area contributed by atoms with Gasteiger partial charge in [-0.15, -0.1) is 0 Å². The average Bonchev–Trinajstić information content (AvgIpc) is 2.93. The lowest BCUT2D eigenvalue weighted by molar-refractivity contribution is -0.113. The number of anilines is 1. The molecule has 0 atom stereocenters. The highest BCUT2D eigenvalue weighted by atomic mass is 32.2. The topological polar surface area (TPSA) is 57.8 Å². The van der Waals surface area contributed by atoms with E-state index in [0.717, 1.165) is 35.2 Å². The second-order valence-corrected chi connectivity index (χ2v) is 6.74. The lowest BCUT2D eigenvalue weighted by Crippen LogP contribution is -2.14. The number of aromatic amines is 1. The number of amides is 1. The van der Waals surface area contributed by atoms with Gasteiger partial charge in [0.05, 0.1) is 11.4 Å². The number of imidazole rings is 1. The Morgan fingerprint density at radius 3 is 2.54 bits per heavy atom. The van der Waals surface area contributed by atoms with E-state index in [9.17, 15) is 13.6 Å². The van der Waals surface area contributed by atoms with Gasteiger partial charge in [0.15, 0.2) is 5.16 Å². The number of nitrogens with one attached hydrogen (secondary N) is 2. The van der Waals surface area contributed by atoms with Crippen molar-refractivity contribution in [1.29, 1.82) is 0 Å². The maximum atomic E-state index is 13.1. The van der Waals surface area contributed by atoms with Gasteiger partial charge in [0.2, 0.25) is 5.91 Å². The van der Waals surface area contributed by atoms with Crippen molar-refractivity contribution in [3.8, 4) is 0 Å². The van der Waals surface area contributed by atoms with Crippen molar-refractivity contribution in [2.24, 2.45) is 0 Å². The first kappa shape index (κ1) is 18.1. The van der Waals surface area contributed by atoms with E-state index in [4.69, 9.17) is 0 Å². The summed E-state index contributed by atoms with van der Waals surface area (Å²) >= 11 is 1.24. The molecule has 0 aliphatic rings. The zero-order valence-corrected chi connectivity index (χ0v) is 14.9. The second-order valence-electron chi connectivity index (χ2n) is 5.77. The molecule has 0 saturated carbocycles. The van der Waals surface area contributed by atoms with E-state index < -0.39 is 11.6 Å². The van der Waals surface area contributed by atoms with Crippen molar-refractivity contribution in [2.45, 2.75) is 18.5 Å². The summed E-state index contributed by atoms with van der Waals surface area (Å²) in [6.07, 6.45) is 0.707. The fourth-order valence-electron chi connectivity index (χ4n) is 2.45. The van der Waals surface area contributed by atoms with E-state index in [-0.39, 0.29) is 17.3 Å². The molecule has 134 valence electrons. The highest BCUT2D eigenvalue weighted by Gasteiger charge is 2.11. The first-order valence-electron chi connectivity index (χ1n) is 7.98. The average molecular weight is 373 g/mol. The minimum atomic E-state index is -0.736. The first-order valence-corrected chi connectivity index (χ1v) is 8.96. The number of rotatable bonds is 6. The lowest BCUT2D eigenvalue weighted by atomic mass is 10.1. The molecule has 3 aromatic rings. The highest BCUT2D eigenvalue weighted by Crippen LogP contribution is 2.20. The number of benzene rings is 2. The zero-order chi connectivity index (χ0) is 18.5. The number of nitrogens with zero attached hydrogens (tertiary/aromatic N) is 1. The van der Waals surface area contributed by atoms with Crippen LogP contribution in [0.15, 0.2) is 53.7 Å². The van der Waals surface area contributed by atoms with Crippen molar-refractivity contribution in [3.63, 3.8) is 0 Å². The molecule has 3 rings (SSSR count). The van der Waals surface area contributed by atoms with E-state index in [1.165, 1.54) is 11.8 Å². The summed E-state index contributed by atoms with van der Waals surface area (Å²) in [5.74, 6) is -1.76. The molecule has 0 radical (unpaired) electrons. The molecular weight excluding hydrogens is 356 g/mol. The predicted molar refractivity (Wildman–Crippen MR) is 98.3 cm³/mol. The molecule has 1 amide bonds. The van der Waals surface area contributed by atoms with Crippen LogP contribution in [0.2, 0.25) is 0 Å². The van der Waals surface area contributed by atoms with E-state index in [0.29, 0.717) is 11.6 Å². The molecule has 2 N–H and O–H groups in total. The quantitative estimate of drug-likeness (QED) is 0.633. The Morgan fingerprint density at radius 2 is 1.85 bits per heavy atom. The van der Waals surface area contributed by atoms with Gasteiger partial charge in [0, 0.05) is 23.9 Å². The summed E-state index contributed by atoms with van der Waals surface area (Å²) in [6, 6.07) is 12.9. The summed E-state index contributed by atoms with van der Waals surface area (Å²) in [4.78, 5) is 19.6. The van der Waals surface area contributed by atoms with Crippen molar-refractivity contribution >= 4 is 23.4 Å². The predicted octanol–water partition coefficient (Wildman–Crippen LogP) is 4.32. The molecular formula is C19H17F2N3OS. The molecule has 0 saturated heterocycles. The van der Waals surface area contributed by atoms with Gasteiger partial charge >= 0.3 is 0 Å². The van der Waals surface area contributed by atoms with Crippen LogP contribution in [0.25, 0.3) is 0 Å². The minimum absolute atomic E-state index is 0.0792. The largest absolute Gasteiger partial charge is 0.337 e. The Hall–Kier alpha value is -2.67. The van der Waals surface area contributed by atoms with Crippen LogP contribution in [0.4, 0.5) is 14.5 Å². The summed E-state index contributed by atoms with van der Waals surface area (Å²) in [6.45, 7) is 1.94. The summed E-state index contributed by atoms with van der Waals surface area (Å²) < 4.78 is 26.3. The summed E-state index contributed by atoms with van der Waals surface area (Å²) in [5, 5.41) is 3.11. The minimum Gasteiger partial charge on any atom is -0.337 e. The van der Waals surface area contributed by atoms with Crippen LogP contribution in [0.5, 0.6) is 0 Å². The maximum absolute atomic E-state index is 13.1. The van der Waals surface area contributed by atoms with Crippen LogP contribution in [0.1, 0.15) is 17.0 Å². The molecule has 26 heavy (non-hydrogen) atoms. The third-order valence-electron chi connectivity index (χ3n) is 3.66. The number of carbonyl (C=O) groups is 1. The molecule has 0 aliphatic heterocycles. The Morgan fingerprint density at radius 1 is 1.15 bits per heavy atom. The molecule has 0 spiro atoms. The number of aromatic nitrogens is 2. The first-order chi connectivity index (χ1) is 12.5. The van der Waals surface area contributed by atoms with Crippen LogP contribution < -0.4 is 5.32 Å². The van der Waals surface area contributed by atoms with E-state index in [1.807, 2.05) is 37.3 Å². The molecule has 7 heteroatoms. The number of aryl methyl sites for hydroxylation is 1. The smallest absolute Gasteiger partial charge is 0.234 e. The van der Waals surface area contributed by atoms with Crippen LogP contribution in [-0.2, 0) is 11.2 Å². The van der Waals surface area contributed by atoms with E-state index in [2.05, 4.69) is 15.3 Å². The van der Waals surface area contributed by atoms with E-state index >= 15 is 0 Å². The molecule has 0 bridgehead atoms. The van der Waals surface area contributed by atoms with Gasteiger partial charge in [0.1, 0.15) is 11.6 Å². The van der Waals surface area contributed by atoms with Gasteiger partial charge in [-0.1, -0.05) is 42.1 Å². The summed E-state index contributed by atoms with van der Waals surface area (Å²) in [7, 11) is 0. The van der Waals surface area contributed by atoms with Crippen LogP contribution in [0.3, 0.4) is 0 Å². The fraction of sp³-hybridized carbons (Fsp3) is 0.158. The third-order valence-corrected chi connectivity index (χ3v) is 4.54. The highest BCUT2D eigenvalue weighted by molar-refractivity contribution is 7.99. The van der Waals surface area contributed by atoms with Crippen LogP contribution in [0, 0.1) is 18.6 Å². The van der Waals surface area contributed by atoms with Crippen molar-refractivity contribution < 1.29 is 13.6 Å². The fourth-order valence-corrected chi connectivity index (χ4v) is 3.19. The molecule has 0 fully saturated rings. The van der Waals surface area contributed by atoms with Gasteiger partial charge < -0.3 is 10.3 Å². The SMILES string of the molecule is Cc1[nH]c(SCC(=O)Nc2cc(F)cc(F)c2)nc1Cc1ccccc1. The molecule has 1 aromatic heterocycles. The van der Waals surface area contributed by atoms with Crippen molar-refractivity contribution in [3.05, 3.63) is 77.1 Å². The number of carbonyl (C=O) groups excluding carboxylic acids is 1. The Labute approximate surface area is 154 Å². The number of hydrogen-bond acceptors (Lipinski definition) is 3. The van der Waals surface area contributed by atoms with Crippen molar-refractivity contribution in [2.75, 3.05) is 11.1 Å². The number of hydrogen-bond donors (Lipinski definition) is 2. The molecule has 4 nitrogen and oxygen atoms in total. The monoisotopic (exact) mass is 373 g/mol. The van der Waals surface area contributed by atoms with Crippen LogP contribution >= 0.6 is 11.8 Å². The number of halogens is 2. The maximum Gasteiger partial charge on any atom is 0.234 e. The van der Waals surface area contributed by atoms with Crippen molar-refractivity contribution in [1.82, 2.24) is 9.97 Å².